The minimum Gasteiger partial charge on any atom is -0.466 e. The molecule has 0 fully saturated rings. The molecule has 1 aromatic carbocycles. The number of methoxy groups -OCH3 is 1. The van der Waals surface area contributed by atoms with Crippen molar-refractivity contribution in [3.05, 3.63) is 21.1 Å². The number of nitrogens with zero attached hydrogens (tertiary/aromatic N) is 4. The highest BCUT2D eigenvalue weighted by atomic mass is 79.9. The van der Waals surface area contributed by atoms with E-state index in [2.05, 4.69) is 47.0 Å². The van der Waals surface area contributed by atoms with E-state index in [1.807, 2.05) is 23.7 Å². The van der Waals surface area contributed by atoms with E-state index in [0.29, 0.717) is 0 Å². The molecule has 0 aliphatic carbocycles. The summed E-state index contributed by atoms with van der Waals surface area (Å²) in [7, 11) is 3.47. The topological polar surface area (TPSA) is 52.8 Å². The third-order valence-corrected chi connectivity index (χ3v) is 3.83. The summed E-state index contributed by atoms with van der Waals surface area (Å²) in [6.07, 6.45) is 0. The number of ether oxygens (including phenoxy) is 1. The Morgan fingerprint density at radius 3 is 2.72 bits per heavy atom. The fourth-order valence-electron chi connectivity index (χ4n) is 1.99. The quantitative estimate of drug-likeness (QED) is 0.659. The second-order valence-electron chi connectivity index (χ2n) is 3.81. The van der Waals surface area contributed by atoms with Crippen molar-refractivity contribution in [2.24, 2.45) is 7.05 Å². The molecule has 0 spiro atoms. The Bertz CT molecular complexity index is 769. The summed E-state index contributed by atoms with van der Waals surface area (Å²) >= 11 is 7.03. The second kappa shape index (κ2) is 4.17. The molecule has 18 heavy (non-hydrogen) atoms. The summed E-state index contributed by atoms with van der Waals surface area (Å²) in [4.78, 5) is 4.33. The van der Waals surface area contributed by atoms with Gasteiger partial charge in [-0.15, -0.1) is 5.10 Å². The molecule has 2 heterocycles. The van der Waals surface area contributed by atoms with Gasteiger partial charge in [0, 0.05) is 21.4 Å². The average Bonchev–Trinajstić information content (AvgIpc) is 2.62. The zero-order chi connectivity index (χ0) is 12.9. The minimum absolute atomic E-state index is 0.267. The van der Waals surface area contributed by atoms with Gasteiger partial charge in [-0.3, -0.25) is 0 Å². The molecule has 0 saturated carbocycles. The predicted molar refractivity (Wildman–Crippen MR) is 75.8 cm³/mol. The lowest BCUT2D eigenvalue weighted by Gasteiger charge is -2.00. The van der Waals surface area contributed by atoms with Crippen molar-refractivity contribution in [2.45, 2.75) is 0 Å². The van der Waals surface area contributed by atoms with Gasteiger partial charge < -0.3 is 9.30 Å². The smallest absolute Gasteiger partial charge is 0.337 e. The van der Waals surface area contributed by atoms with Gasteiger partial charge in [0.05, 0.1) is 12.6 Å². The van der Waals surface area contributed by atoms with E-state index in [0.717, 1.165) is 31.0 Å². The summed E-state index contributed by atoms with van der Waals surface area (Å²) < 4.78 is 8.94. The molecule has 0 N–H and O–H groups in total. The van der Waals surface area contributed by atoms with E-state index in [-0.39, 0.29) is 6.01 Å². The molecule has 3 rings (SSSR count). The van der Waals surface area contributed by atoms with Gasteiger partial charge in [0.1, 0.15) is 5.52 Å². The molecule has 0 bridgehead atoms. The molecule has 7 heteroatoms. The molecule has 0 aliphatic heterocycles. The fourth-order valence-corrected chi connectivity index (χ4v) is 3.48. The maximum absolute atomic E-state index is 5.01. The highest BCUT2D eigenvalue weighted by Crippen LogP contribution is 2.33. The van der Waals surface area contributed by atoms with Crippen LogP contribution in [0.4, 0.5) is 0 Å². The van der Waals surface area contributed by atoms with Crippen LogP contribution >= 0.6 is 31.9 Å². The zero-order valence-electron chi connectivity index (χ0n) is 9.61. The number of rotatable bonds is 1. The molecule has 0 atom stereocenters. The number of hydrogen-bond acceptors (Lipinski definition) is 4. The Morgan fingerprint density at radius 1 is 1.22 bits per heavy atom. The lowest BCUT2D eigenvalue weighted by molar-refractivity contribution is 0.375. The molecule has 5 nitrogen and oxygen atoms in total. The Hall–Kier alpha value is -1.21. The zero-order valence-corrected chi connectivity index (χ0v) is 12.8. The molecule has 0 radical (unpaired) electrons. The van der Waals surface area contributed by atoms with E-state index in [1.165, 1.54) is 7.11 Å². The molecular formula is C11H8Br2N4O. The van der Waals surface area contributed by atoms with Crippen LogP contribution < -0.4 is 4.74 Å². The van der Waals surface area contributed by atoms with Crippen molar-refractivity contribution >= 4 is 53.9 Å². The van der Waals surface area contributed by atoms with Gasteiger partial charge >= 0.3 is 6.01 Å². The summed E-state index contributed by atoms with van der Waals surface area (Å²) in [5.74, 6) is 0. The molecule has 0 amide bonds. The van der Waals surface area contributed by atoms with Gasteiger partial charge in [-0.05, 0) is 28.1 Å². The number of benzene rings is 1. The van der Waals surface area contributed by atoms with E-state index >= 15 is 0 Å². The van der Waals surface area contributed by atoms with Crippen LogP contribution in [0.2, 0.25) is 0 Å². The third kappa shape index (κ3) is 1.61. The molecule has 92 valence electrons. The molecular weight excluding hydrogens is 364 g/mol. The summed E-state index contributed by atoms with van der Waals surface area (Å²) in [6, 6.07) is 4.26. The van der Waals surface area contributed by atoms with Crippen molar-refractivity contribution in [1.29, 1.82) is 0 Å². The summed E-state index contributed by atoms with van der Waals surface area (Å²) in [5, 5.41) is 9.10. The van der Waals surface area contributed by atoms with E-state index in [9.17, 15) is 0 Å². The SMILES string of the molecule is COc1nnc2c3cc(Br)cc(Br)c3n(C)c2n1. The van der Waals surface area contributed by atoms with Crippen LogP contribution in [0.5, 0.6) is 6.01 Å². The molecule has 2 aromatic heterocycles. The van der Waals surface area contributed by atoms with Gasteiger partial charge in [-0.1, -0.05) is 21.0 Å². The first kappa shape index (κ1) is 11.9. The number of aromatic nitrogens is 4. The van der Waals surface area contributed by atoms with Crippen LogP contribution in [0, 0.1) is 0 Å². The monoisotopic (exact) mass is 370 g/mol. The maximum atomic E-state index is 5.01. The number of aryl methyl sites for hydroxylation is 1. The second-order valence-corrected chi connectivity index (χ2v) is 5.58. The summed E-state index contributed by atoms with van der Waals surface area (Å²) in [6.45, 7) is 0. The molecule has 0 aliphatic rings. The van der Waals surface area contributed by atoms with Gasteiger partial charge in [0.2, 0.25) is 0 Å². The van der Waals surface area contributed by atoms with Crippen LogP contribution in [-0.2, 0) is 7.05 Å². The normalized spacial score (nSPS) is 11.3. The van der Waals surface area contributed by atoms with E-state index in [4.69, 9.17) is 4.74 Å². The first-order valence-corrected chi connectivity index (χ1v) is 6.72. The summed E-state index contributed by atoms with van der Waals surface area (Å²) in [5.41, 5.74) is 2.54. The third-order valence-electron chi connectivity index (χ3n) is 2.77. The van der Waals surface area contributed by atoms with Gasteiger partial charge in [-0.25, -0.2) is 0 Å². The van der Waals surface area contributed by atoms with Crippen LogP contribution in [0.1, 0.15) is 0 Å². The number of hydrogen-bond donors (Lipinski definition) is 0. The van der Waals surface area contributed by atoms with Crippen molar-refractivity contribution in [1.82, 2.24) is 19.7 Å². The Balaban J connectivity index is 2.53. The molecule has 0 unspecified atom stereocenters. The van der Waals surface area contributed by atoms with E-state index < -0.39 is 0 Å². The van der Waals surface area contributed by atoms with Gasteiger partial charge in [0.15, 0.2) is 5.65 Å². The van der Waals surface area contributed by atoms with Gasteiger partial charge in [0.25, 0.3) is 0 Å². The lowest BCUT2D eigenvalue weighted by atomic mass is 10.2. The maximum Gasteiger partial charge on any atom is 0.337 e. The average molecular weight is 372 g/mol. The van der Waals surface area contributed by atoms with Crippen LogP contribution in [0.25, 0.3) is 22.1 Å². The Labute approximate surface area is 119 Å². The molecule has 0 saturated heterocycles. The first-order valence-electron chi connectivity index (χ1n) is 5.13. The molecule has 3 aromatic rings. The van der Waals surface area contributed by atoms with Crippen LogP contribution in [0.15, 0.2) is 21.1 Å². The van der Waals surface area contributed by atoms with Crippen molar-refractivity contribution in [3.8, 4) is 6.01 Å². The Kier molecular flexibility index (Phi) is 2.74. The van der Waals surface area contributed by atoms with Crippen LogP contribution in [-0.4, -0.2) is 26.9 Å². The van der Waals surface area contributed by atoms with Crippen LogP contribution in [0.3, 0.4) is 0 Å². The highest BCUT2D eigenvalue weighted by molar-refractivity contribution is 9.11. The standard InChI is InChI=1S/C11H8Br2N4O/c1-17-9-6(3-5(12)4-7(9)13)8-10(17)14-11(18-2)16-15-8/h3-4H,1-2H3. The van der Waals surface area contributed by atoms with Crippen molar-refractivity contribution < 1.29 is 4.74 Å². The lowest BCUT2D eigenvalue weighted by Crippen LogP contribution is -1.97. The predicted octanol–water partition coefficient (Wildman–Crippen LogP) is 3.05. The van der Waals surface area contributed by atoms with Crippen molar-refractivity contribution in [2.75, 3.05) is 7.11 Å². The first-order chi connectivity index (χ1) is 8.61. The Morgan fingerprint density at radius 2 is 2.00 bits per heavy atom. The van der Waals surface area contributed by atoms with Crippen molar-refractivity contribution in [3.63, 3.8) is 0 Å². The fraction of sp³-hybridized carbons (Fsp3) is 0.182. The van der Waals surface area contributed by atoms with E-state index in [1.54, 1.807) is 0 Å². The van der Waals surface area contributed by atoms with Gasteiger partial charge in [-0.2, -0.15) is 4.98 Å². The minimum atomic E-state index is 0.267. The number of halogens is 2. The largest absolute Gasteiger partial charge is 0.466 e. The number of fused-ring (bicyclic) bond motifs is 3. The highest BCUT2D eigenvalue weighted by Gasteiger charge is 2.15.